The Morgan fingerprint density at radius 3 is 2.85 bits per heavy atom. The Balaban J connectivity index is 1.89. The normalized spacial score (nSPS) is 17.6. The molecular formula is C15H21FN2O2. The van der Waals surface area contributed by atoms with Gasteiger partial charge >= 0.3 is 0 Å². The SMILES string of the molecule is COC(CN)CC(=O)NCC1(c2cccc(F)c2)CC1. The minimum atomic E-state index is -0.251. The van der Waals surface area contributed by atoms with Crippen molar-refractivity contribution in [2.75, 3.05) is 20.2 Å². The summed E-state index contributed by atoms with van der Waals surface area (Å²) in [4.78, 5) is 11.8. The summed E-state index contributed by atoms with van der Waals surface area (Å²) in [6.45, 7) is 0.856. The maximum absolute atomic E-state index is 13.3. The summed E-state index contributed by atoms with van der Waals surface area (Å²) in [5.41, 5.74) is 6.35. The first kappa shape index (κ1) is 14.9. The van der Waals surface area contributed by atoms with Crippen molar-refractivity contribution in [2.45, 2.75) is 30.8 Å². The molecule has 1 atom stereocenters. The van der Waals surface area contributed by atoms with Crippen LogP contribution < -0.4 is 11.1 Å². The fourth-order valence-corrected chi connectivity index (χ4v) is 2.35. The van der Waals surface area contributed by atoms with Crippen molar-refractivity contribution < 1.29 is 13.9 Å². The summed E-state index contributed by atoms with van der Waals surface area (Å²) in [7, 11) is 1.54. The van der Waals surface area contributed by atoms with E-state index in [1.165, 1.54) is 6.07 Å². The first-order valence-corrected chi connectivity index (χ1v) is 6.85. The molecule has 1 aromatic rings. The van der Waals surface area contributed by atoms with Crippen molar-refractivity contribution in [2.24, 2.45) is 5.73 Å². The summed E-state index contributed by atoms with van der Waals surface area (Å²) < 4.78 is 18.4. The number of hydrogen-bond acceptors (Lipinski definition) is 3. The molecule has 0 spiro atoms. The lowest BCUT2D eigenvalue weighted by atomic mass is 9.96. The van der Waals surface area contributed by atoms with Crippen LogP contribution in [0.5, 0.6) is 0 Å². The number of methoxy groups -OCH3 is 1. The van der Waals surface area contributed by atoms with Crippen LogP contribution in [0.3, 0.4) is 0 Å². The maximum Gasteiger partial charge on any atom is 0.222 e. The zero-order valence-electron chi connectivity index (χ0n) is 11.7. The molecule has 1 fully saturated rings. The Morgan fingerprint density at radius 1 is 1.55 bits per heavy atom. The quantitative estimate of drug-likeness (QED) is 0.792. The molecule has 20 heavy (non-hydrogen) atoms. The van der Waals surface area contributed by atoms with Gasteiger partial charge in [0.2, 0.25) is 5.91 Å². The molecule has 110 valence electrons. The van der Waals surface area contributed by atoms with Crippen LogP contribution in [0.15, 0.2) is 24.3 Å². The maximum atomic E-state index is 13.3. The Morgan fingerprint density at radius 2 is 2.30 bits per heavy atom. The molecule has 0 aliphatic heterocycles. The lowest BCUT2D eigenvalue weighted by Gasteiger charge is -2.18. The molecular weight excluding hydrogens is 259 g/mol. The van der Waals surface area contributed by atoms with Gasteiger partial charge in [-0.15, -0.1) is 0 Å². The molecule has 1 saturated carbocycles. The van der Waals surface area contributed by atoms with E-state index < -0.39 is 0 Å². The highest BCUT2D eigenvalue weighted by Gasteiger charge is 2.44. The largest absolute Gasteiger partial charge is 0.380 e. The lowest BCUT2D eigenvalue weighted by Crippen LogP contribution is -2.36. The Labute approximate surface area is 118 Å². The van der Waals surface area contributed by atoms with Gasteiger partial charge in [0, 0.05) is 25.6 Å². The highest BCUT2D eigenvalue weighted by Crippen LogP contribution is 2.47. The Bertz CT molecular complexity index is 471. The molecule has 1 aromatic carbocycles. The van der Waals surface area contributed by atoms with E-state index in [2.05, 4.69) is 5.32 Å². The first-order chi connectivity index (χ1) is 9.59. The van der Waals surface area contributed by atoms with Crippen molar-refractivity contribution in [1.82, 2.24) is 5.32 Å². The summed E-state index contributed by atoms with van der Waals surface area (Å²) in [5, 5.41) is 2.91. The first-order valence-electron chi connectivity index (χ1n) is 6.85. The van der Waals surface area contributed by atoms with E-state index in [9.17, 15) is 9.18 Å². The number of benzene rings is 1. The zero-order chi connectivity index (χ0) is 14.6. The second-order valence-corrected chi connectivity index (χ2v) is 5.36. The van der Waals surface area contributed by atoms with Crippen molar-refractivity contribution in [3.63, 3.8) is 0 Å². The topological polar surface area (TPSA) is 64.3 Å². The van der Waals surface area contributed by atoms with E-state index >= 15 is 0 Å². The predicted molar refractivity (Wildman–Crippen MR) is 74.8 cm³/mol. The van der Waals surface area contributed by atoms with E-state index in [0.29, 0.717) is 13.1 Å². The van der Waals surface area contributed by atoms with Gasteiger partial charge in [-0.3, -0.25) is 4.79 Å². The van der Waals surface area contributed by atoms with Crippen LogP contribution in [0.4, 0.5) is 4.39 Å². The summed E-state index contributed by atoms with van der Waals surface area (Å²) in [6, 6.07) is 6.61. The minimum Gasteiger partial charge on any atom is -0.380 e. The molecule has 4 nitrogen and oxygen atoms in total. The number of halogens is 1. The van der Waals surface area contributed by atoms with E-state index in [1.807, 2.05) is 6.07 Å². The van der Waals surface area contributed by atoms with E-state index in [1.54, 1.807) is 19.2 Å². The van der Waals surface area contributed by atoms with Gasteiger partial charge < -0.3 is 15.8 Å². The Hall–Kier alpha value is -1.46. The van der Waals surface area contributed by atoms with Gasteiger partial charge in [-0.2, -0.15) is 0 Å². The number of nitrogens with two attached hydrogens (primary N) is 1. The standard InChI is InChI=1S/C15H21FN2O2/c1-20-13(9-17)8-14(19)18-10-15(5-6-15)11-3-2-4-12(16)7-11/h2-4,7,13H,5-6,8-10,17H2,1H3,(H,18,19). The number of carbonyl (C=O) groups excluding carboxylic acids is 1. The van der Waals surface area contributed by atoms with E-state index in [0.717, 1.165) is 18.4 Å². The molecule has 2 rings (SSSR count). The third kappa shape index (κ3) is 3.55. The molecule has 3 N–H and O–H groups in total. The minimum absolute atomic E-state index is 0.0787. The second kappa shape index (κ2) is 6.33. The third-order valence-corrected chi connectivity index (χ3v) is 3.92. The molecule has 1 aliphatic carbocycles. The number of hydrogen-bond donors (Lipinski definition) is 2. The fourth-order valence-electron chi connectivity index (χ4n) is 2.35. The van der Waals surface area contributed by atoms with Crippen molar-refractivity contribution in [1.29, 1.82) is 0 Å². The van der Waals surface area contributed by atoms with Gasteiger partial charge in [0.1, 0.15) is 5.82 Å². The number of amides is 1. The van der Waals surface area contributed by atoms with Crippen LogP contribution in [0.1, 0.15) is 24.8 Å². The van der Waals surface area contributed by atoms with Gasteiger partial charge in [-0.1, -0.05) is 12.1 Å². The van der Waals surface area contributed by atoms with Gasteiger partial charge in [0.05, 0.1) is 12.5 Å². The van der Waals surface area contributed by atoms with Gasteiger partial charge in [0.15, 0.2) is 0 Å². The molecule has 1 aliphatic rings. The van der Waals surface area contributed by atoms with Gasteiger partial charge in [-0.05, 0) is 30.5 Å². The molecule has 0 aromatic heterocycles. The van der Waals surface area contributed by atoms with E-state index in [-0.39, 0.29) is 29.7 Å². The molecule has 5 heteroatoms. The summed E-state index contributed by atoms with van der Waals surface area (Å²) in [6.07, 6.45) is 1.95. The van der Waals surface area contributed by atoms with Gasteiger partial charge in [0.25, 0.3) is 0 Å². The molecule has 0 heterocycles. The lowest BCUT2D eigenvalue weighted by molar-refractivity contribution is -0.123. The van der Waals surface area contributed by atoms with Crippen LogP contribution in [0.2, 0.25) is 0 Å². The number of nitrogens with one attached hydrogen (secondary N) is 1. The second-order valence-electron chi connectivity index (χ2n) is 5.36. The average Bonchev–Trinajstić information content (AvgIpc) is 3.24. The monoisotopic (exact) mass is 280 g/mol. The number of ether oxygens (including phenoxy) is 1. The molecule has 0 radical (unpaired) electrons. The molecule has 0 saturated heterocycles. The number of rotatable bonds is 7. The van der Waals surface area contributed by atoms with Crippen molar-refractivity contribution in [3.05, 3.63) is 35.6 Å². The van der Waals surface area contributed by atoms with Crippen LogP contribution in [0.25, 0.3) is 0 Å². The van der Waals surface area contributed by atoms with Crippen LogP contribution >= 0.6 is 0 Å². The fraction of sp³-hybridized carbons (Fsp3) is 0.533. The summed E-state index contributed by atoms with van der Waals surface area (Å²) >= 11 is 0. The molecule has 0 bridgehead atoms. The third-order valence-electron chi connectivity index (χ3n) is 3.92. The van der Waals surface area contributed by atoms with Gasteiger partial charge in [-0.25, -0.2) is 4.39 Å². The molecule has 1 amide bonds. The van der Waals surface area contributed by atoms with Crippen molar-refractivity contribution in [3.8, 4) is 0 Å². The van der Waals surface area contributed by atoms with Crippen molar-refractivity contribution >= 4 is 5.91 Å². The summed E-state index contributed by atoms with van der Waals surface area (Å²) in [5.74, 6) is -0.312. The highest BCUT2D eigenvalue weighted by atomic mass is 19.1. The molecule has 1 unspecified atom stereocenters. The van der Waals surface area contributed by atoms with E-state index in [4.69, 9.17) is 10.5 Å². The smallest absolute Gasteiger partial charge is 0.222 e. The average molecular weight is 280 g/mol. The number of carbonyl (C=O) groups is 1. The highest BCUT2D eigenvalue weighted by molar-refractivity contribution is 5.76. The Kier molecular flexibility index (Phi) is 4.73. The van der Waals surface area contributed by atoms with Crippen LogP contribution in [-0.2, 0) is 14.9 Å². The van der Waals surface area contributed by atoms with Crippen LogP contribution in [0, 0.1) is 5.82 Å². The zero-order valence-corrected chi connectivity index (χ0v) is 11.7. The van der Waals surface area contributed by atoms with Crippen LogP contribution in [-0.4, -0.2) is 32.2 Å². The predicted octanol–water partition coefficient (Wildman–Crippen LogP) is 1.34.